The molecule has 0 fully saturated rings. The van der Waals surface area contributed by atoms with Crippen molar-refractivity contribution < 1.29 is 58.5 Å². The monoisotopic (exact) mass is 466 g/mol. The molecule has 2 N–H and O–H groups in total. The normalized spacial score (nSPS) is 13.0. The molecule has 0 radical (unpaired) electrons. The van der Waals surface area contributed by atoms with Gasteiger partial charge in [-0.2, -0.15) is 0 Å². The van der Waals surface area contributed by atoms with Crippen molar-refractivity contribution >= 4 is 11.5 Å². The van der Waals surface area contributed by atoms with Crippen molar-refractivity contribution in [2.24, 2.45) is 5.92 Å². The summed E-state index contributed by atoms with van der Waals surface area (Å²) in [5, 5.41) is 30.7. The summed E-state index contributed by atoms with van der Waals surface area (Å²) in [6, 6.07) is 8.96. The third kappa shape index (κ3) is 8.47. The van der Waals surface area contributed by atoms with E-state index >= 15 is 0 Å². The number of rotatable bonds is 9. The summed E-state index contributed by atoms with van der Waals surface area (Å²) in [6.45, 7) is 7.53. The smallest absolute Gasteiger partial charge is 0.550 e. The Morgan fingerprint density at radius 1 is 1.00 bits per heavy atom. The van der Waals surface area contributed by atoms with E-state index in [9.17, 15) is 28.9 Å². The van der Waals surface area contributed by atoms with Crippen LogP contribution in [0, 0.1) is 31.4 Å². The van der Waals surface area contributed by atoms with E-state index in [1.165, 1.54) is 30.3 Å². The maximum atomic E-state index is 13.8. The number of hydrogen-bond donors (Lipinski definition) is 2. The Hall–Kier alpha value is -1.83. The summed E-state index contributed by atoms with van der Waals surface area (Å²) in [5.74, 6) is -2.13. The number of carbonyl (C=O) groups is 1. The standard InChI is InChI=1S/C26H30F2O4.Na/c1-15(2)22(10-7-20(29)13-21(30)14-25(31)32)26(23-8-5-18(27)11-16(23)3)24-9-6-19(28)12-17(24)4;/h5-12,15,20-21,29-30H,13-14H2,1-4H3,(H,31,32);/q;+1/p-1/b10-7+;/t20-,21-;/m1./s1. The van der Waals surface area contributed by atoms with Gasteiger partial charge in [0.1, 0.15) is 11.6 Å². The van der Waals surface area contributed by atoms with E-state index in [1.807, 2.05) is 13.8 Å². The number of halogens is 2. The molecule has 0 aliphatic rings. The van der Waals surface area contributed by atoms with Gasteiger partial charge < -0.3 is 20.1 Å². The van der Waals surface area contributed by atoms with Crippen molar-refractivity contribution in [2.75, 3.05) is 0 Å². The maximum Gasteiger partial charge on any atom is 1.00 e. The van der Waals surface area contributed by atoms with Gasteiger partial charge in [0.15, 0.2) is 0 Å². The average Bonchev–Trinajstić information content (AvgIpc) is 2.65. The summed E-state index contributed by atoms with van der Waals surface area (Å²) in [7, 11) is 0. The summed E-state index contributed by atoms with van der Waals surface area (Å²) < 4.78 is 27.6. The Kier molecular flexibility index (Phi) is 11.6. The molecule has 0 amide bonds. The molecule has 7 heteroatoms. The second kappa shape index (κ2) is 13.2. The quantitative estimate of drug-likeness (QED) is 0.424. The van der Waals surface area contributed by atoms with Gasteiger partial charge in [-0.15, -0.1) is 0 Å². The molecule has 0 saturated carbocycles. The summed E-state index contributed by atoms with van der Waals surface area (Å²) in [6.07, 6.45) is 0.184. The fourth-order valence-electron chi connectivity index (χ4n) is 3.68. The fourth-order valence-corrected chi connectivity index (χ4v) is 3.68. The number of aliphatic hydroxyl groups is 2. The van der Waals surface area contributed by atoms with Crippen LogP contribution < -0.4 is 34.7 Å². The zero-order valence-electron chi connectivity index (χ0n) is 19.7. The van der Waals surface area contributed by atoms with Crippen LogP contribution in [0.2, 0.25) is 0 Å². The zero-order chi connectivity index (χ0) is 24.0. The van der Waals surface area contributed by atoms with Crippen LogP contribution in [0.25, 0.3) is 5.57 Å². The van der Waals surface area contributed by atoms with Crippen LogP contribution in [0.3, 0.4) is 0 Å². The third-order valence-electron chi connectivity index (χ3n) is 5.24. The van der Waals surface area contributed by atoms with E-state index in [-0.39, 0.29) is 53.5 Å². The average molecular weight is 467 g/mol. The molecule has 0 aromatic heterocycles. The number of allylic oxidation sites excluding steroid dienone is 2. The molecule has 0 bridgehead atoms. The van der Waals surface area contributed by atoms with Crippen LogP contribution in [0.5, 0.6) is 0 Å². The van der Waals surface area contributed by atoms with E-state index < -0.39 is 24.6 Å². The van der Waals surface area contributed by atoms with E-state index in [4.69, 9.17) is 0 Å². The molecule has 0 saturated heterocycles. The van der Waals surface area contributed by atoms with E-state index in [0.717, 1.165) is 22.3 Å². The second-order valence-corrected chi connectivity index (χ2v) is 8.30. The molecule has 4 nitrogen and oxygen atoms in total. The molecule has 2 aromatic carbocycles. The Balaban J connectivity index is 0.00000544. The van der Waals surface area contributed by atoms with E-state index in [1.54, 1.807) is 32.1 Å². The van der Waals surface area contributed by atoms with Crippen LogP contribution in [0.15, 0.2) is 54.1 Å². The predicted molar refractivity (Wildman–Crippen MR) is 119 cm³/mol. The Morgan fingerprint density at radius 2 is 1.48 bits per heavy atom. The van der Waals surface area contributed by atoms with Gasteiger partial charge in [0.25, 0.3) is 0 Å². The molecular formula is C26H29F2NaO4. The molecule has 2 aromatic rings. The first kappa shape index (κ1) is 29.2. The Labute approximate surface area is 216 Å². The van der Waals surface area contributed by atoms with Gasteiger partial charge in [0.05, 0.1) is 12.2 Å². The summed E-state index contributed by atoms with van der Waals surface area (Å²) in [4.78, 5) is 10.6. The number of carboxylic acid groups (broad SMARTS) is 1. The van der Waals surface area contributed by atoms with E-state index in [2.05, 4.69) is 0 Å². The molecule has 0 heterocycles. The topological polar surface area (TPSA) is 80.6 Å². The minimum atomic E-state index is -1.39. The van der Waals surface area contributed by atoms with Crippen LogP contribution in [-0.4, -0.2) is 28.4 Å². The number of aliphatic hydroxyl groups excluding tert-OH is 2. The molecule has 33 heavy (non-hydrogen) atoms. The maximum absolute atomic E-state index is 13.8. The number of aliphatic carboxylic acids is 1. The minimum absolute atomic E-state index is 0. The van der Waals surface area contributed by atoms with Crippen molar-refractivity contribution in [2.45, 2.75) is 52.7 Å². The van der Waals surface area contributed by atoms with Crippen LogP contribution >= 0.6 is 0 Å². The van der Waals surface area contributed by atoms with Crippen molar-refractivity contribution in [1.82, 2.24) is 0 Å². The molecule has 0 spiro atoms. The number of carbonyl (C=O) groups excluding carboxylic acids is 1. The molecular weight excluding hydrogens is 437 g/mol. The Morgan fingerprint density at radius 3 is 1.88 bits per heavy atom. The zero-order valence-corrected chi connectivity index (χ0v) is 21.7. The first-order chi connectivity index (χ1) is 15.0. The SMILES string of the molecule is Cc1cc(F)ccc1C(=C(/C=C/[C@@H](O)C[C@@H](O)CC(=O)[O-])C(C)C)c1ccc(F)cc1C.[Na+]. The first-order valence-corrected chi connectivity index (χ1v) is 10.5. The molecule has 2 atom stereocenters. The van der Waals surface area contributed by atoms with Gasteiger partial charge in [-0.1, -0.05) is 38.1 Å². The van der Waals surface area contributed by atoms with Gasteiger partial charge in [0, 0.05) is 18.8 Å². The number of benzene rings is 2. The summed E-state index contributed by atoms with van der Waals surface area (Å²) in [5.41, 5.74) is 4.58. The Bertz CT molecular complexity index is 977. The van der Waals surface area contributed by atoms with Crippen molar-refractivity contribution in [3.63, 3.8) is 0 Å². The van der Waals surface area contributed by atoms with Crippen molar-refractivity contribution in [3.05, 3.63) is 88.0 Å². The van der Waals surface area contributed by atoms with Crippen LogP contribution in [-0.2, 0) is 4.79 Å². The minimum Gasteiger partial charge on any atom is -0.550 e. The predicted octanol–water partition coefficient (Wildman–Crippen LogP) is 0.852. The molecule has 0 aliphatic carbocycles. The van der Waals surface area contributed by atoms with Gasteiger partial charge in [-0.25, -0.2) is 8.78 Å². The largest absolute Gasteiger partial charge is 1.00 e. The molecule has 172 valence electrons. The number of hydrogen-bond acceptors (Lipinski definition) is 4. The molecule has 2 rings (SSSR count). The second-order valence-electron chi connectivity index (χ2n) is 8.30. The number of aryl methyl sites for hydroxylation is 2. The van der Waals surface area contributed by atoms with E-state index in [0.29, 0.717) is 11.1 Å². The molecule has 0 aliphatic heterocycles. The van der Waals surface area contributed by atoms with Crippen LogP contribution in [0.1, 0.15) is 48.9 Å². The van der Waals surface area contributed by atoms with Gasteiger partial charge in [0.2, 0.25) is 0 Å². The fraction of sp³-hybridized carbons (Fsp3) is 0.346. The van der Waals surface area contributed by atoms with Gasteiger partial charge in [-0.05, 0) is 77.4 Å². The number of carboxylic acids is 1. The third-order valence-corrected chi connectivity index (χ3v) is 5.24. The van der Waals surface area contributed by atoms with Crippen LogP contribution in [0.4, 0.5) is 8.78 Å². The van der Waals surface area contributed by atoms with Crippen molar-refractivity contribution in [1.29, 1.82) is 0 Å². The van der Waals surface area contributed by atoms with Gasteiger partial charge in [-0.3, -0.25) is 0 Å². The van der Waals surface area contributed by atoms with Gasteiger partial charge >= 0.3 is 29.6 Å². The molecule has 0 unspecified atom stereocenters. The first-order valence-electron chi connectivity index (χ1n) is 10.5. The summed E-state index contributed by atoms with van der Waals surface area (Å²) >= 11 is 0. The van der Waals surface area contributed by atoms with Crippen molar-refractivity contribution in [3.8, 4) is 0 Å².